The molecule has 2 heteroatoms. The lowest BCUT2D eigenvalue weighted by molar-refractivity contribution is 0.340. The summed E-state index contributed by atoms with van der Waals surface area (Å²) in [6.07, 6.45) is 6.52. The van der Waals surface area contributed by atoms with E-state index in [1.165, 1.54) is 16.8 Å². The lowest BCUT2D eigenvalue weighted by Crippen LogP contribution is -2.19. The third-order valence-corrected chi connectivity index (χ3v) is 2.83. The van der Waals surface area contributed by atoms with E-state index in [9.17, 15) is 0 Å². The molecule has 0 radical (unpaired) electrons. The summed E-state index contributed by atoms with van der Waals surface area (Å²) in [7, 11) is 0. The number of allylic oxidation sites excluding steroid dienone is 2. The van der Waals surface area contributed by atoms with Crippen molar-refractivity contribution in [1.29, 1.82) is 0 Å². The van der Waals surface area contributed by atoms with Gasteiger partial charge in [-0.3, -0.25) is 0 Å². The first-order valence-electron chi connectivity index (χ1n) is 6.05. The zero-order valence-corrected chi connectivity index (χ0v) is 10.7. The van der Waals surface area contributed by atoms with Gasteiger partial charge in [0.1, 0.15) is 5.75 Å². The molecule has 1 aliphatic rings. The van der Waals surface area contributed by atoms with Crippen LogP contribution in [0.5, 0.6) is 5.75 Å². The minimum absolute atomic E-state index is 0.713. The van der Waals surface area contributed by atoms with Crippen molar-refractivity contribution >= 4 is 5.69 Å². The van der Waals surface area contributed by atoms with Gasteiger partial charge >= 0.3 is 0 Å². The Morgan fingerprint density at radius 1 is 1.29 bits per heavy atom. The Kier molecular flexibility index (Phi) is 3.52. The Labute approximate surface area is 103 Å². The Balaban J connectivity index is 2.25. The van der Waals surface area contributed by atoms with E-state index in [1.54, 1.807) is 0 Å². The predicted octanol–water partition coefficient (Wildman–Crippen LogP) is 3.67. The molecule has 0 spiro atoms. The predicted molar refractivity (Wildman–Crippen MR) is 72.6 cm³/mol. The summed E-state index contributed by atoms with van der Waals surface area (Å²) < 4.78 is 5.50. The highest BCUT2D eigenvalue weighted by Crippen LogP contribution is 2.26. The number of hydrogen-bond acceptors (Lipinski definition) is 2. The van der Waals surface area contributed by atoms with Crippen molar-refractivity contribution in [3.63, 3.8) is 0 Å². The summed E-state index contributed by atoms with van der Waals surface area (Å²) in [6, 6.07) is 6.26. The van der Waals surface area contributed by atoms with Crippen molar-refractivity contribution in [2.75, 3.05) is 18.1 Å². The molecule has 1 aliphatic heterocycles. The van der Waals surface area contributed by atoms with Gasteiger partial charge < -0.3 is 9.64 Å². The molecular weight excluding hydrogens is 210 g/mol. The number of aryl methyl sites for hydroxylation is 1. The molecule has 0 unspecified atom stereocenters. The van der Waals surface area contributed by atoms with Crippen molar-refractivity contribution < 1.29 is 4.74 Å². The fourth-order valence-electron chi connectivity index (χ4n) is 2.07. The lowest BCUT2D eigenvalue weighted by Gasteiger charge is -2.24. The SMILES string of the molecule is CCOc1ccc(N2C=C(C)C=CC2)c(C)c1. The van der Waals surface area contributed by atoms with Crippen LogP contribution in [0.25, 0.3) is 0 Å². The van der Waals surface area contributed by atoms with Crippen LogP contribution in [0.4, 0.5) is 5.69 Å². The molecule has 1 aromatic carbocycles. The lowest BCUT2D eigenvalue weighted by atomic mass is 10.1. The Hall–Kier alpha value is -1.70. The highest BCUT2D eigenvalue weighted by atomic mass is 16.5. The quantitative estimate of drug-likeness (QED) is 0.784. The monoisotopic (exact) mass is 229 g/mol. The Morgan fingerprint density at radius 3 is 2.76 bits per heavy atom. The largest absolute Gasteiger partial charge is 0.494 e. The van der Waals surface area contributed by atoms with Crippen molar-refractivity contribution in [2.45, 2.75) is 20.8 Å². The first-order chi connectivity index (χ1) is 8.20. The van der Waals surface area contributed by atoms with Gasteiger partial charge in [0.25, 0.3) is 0 Å². The van der Waals surface area contributed by atoms with E-state index in [1.807, 2.05) is 13.0 Å². The number of nitrogens with zero attached hydrogens (tertiary/aromatic N) is 1. The third-order valence-electron chi connectivity index (χ3n) is 2.83. The van der Waals surface area contributed by atoms with E-state index in [-0.39, 0.29) is 0 Å². The van der Waals surface area contributed by atoms with Crippen LogP contribution in [0, 0.1) is 6.92 Å². The zero-order valence-electron chi connectivity index (χ0n) is 10.7. The third kappa shape index (κ3) is 2.70. The highest BCUT2D eigenvalue weighted by molar-refractivity contribution is 5.59. The molecule has 2 nitrogen and oxygen atoms in total. The van der Waals surface area contributed by atoms with E-state index in [4.69, 9.17) is 4.74 Å². The van der Waals surface area contributed by atoms with Crippen molar-refractivity contribution in [3.05, 3.63) is 47.7 Å². The average molecular weight is 229 g/mol. The molecule has 0 saturated heterocycles. The van der Waals surface area contributed by atoms with Crippen LogP contribution in [0.3, 0.4) is 0 Å². The minimum atomic E-state index is 0.713. The molecule has 1 aromatic rings. The number of hydrogen-bond donors (Lipinski definition) is 0. The Morgan fingerprint density at radius 2 is 2.12 bits per heavy atom. The molecule has 17 heavy (non-hydrogen) atoms. The summed E-state index contributed by atoms with van der Waals surface area (Å²) >= 11 is 0. The van der Waals surface area contributed by atoms with Gasteiger partial charge in [0.2, 0.25) is 0 Å². The van der Waals surface area contributed by atoms with Gasteiger partial charge in [0, 0.05) is 18.4 Å². The number of anilines is 1. The van der Waals surface area contributed by atoms with Crippen LogP contribution in [0.2, 0.25) is 0 Å². The topological polar surface area (TPSA) is 12.5 Å². The van der Waals surface area contributed by atoms with Crippen LogP contribution < -0.4 is 9.64 Å². The van der Waals surface area contributed by atoms with E-state index in [0.717, 1.165) is 12.3 Å². The van der Waals surface area contributed by atoms with Gasteiger partial charge in [-0.1, -0.05) is 12.2 Å². The summed E-state index contributed by atoms with van der Waals surface area (Å²) in [4.78, 5) is 2.26. The number of ether oxygens (including phenoxy) is 1. The summed E-state index contributed by atoms with van der Waals surface area (Å²) in [5.74, 6) is 0.946. The van der Waals surface area contributed by atoms with E-state index < -0.39 is 0 Å². The molecule has 0 aliphatic carbocycles. The molecule has 0 fully saturated rings. The molecule has 0 aromatic heterocycles. The Bertz CT molecular complexity index is 460. The molecule has 2 rings (SSSR count). The summed E-state index contributed by atoms with van der Waals surface area (Å²) in [5.41, 5.74) is 3.77. The second-order valence-corrected chi connectivity index (χ2v) is 4.31. The maximum atomic E-state index is 5.50. The summed E-state index contributed by atoms with van der Waals surface area (Å²) in [6.45, 7) is 7.90. The van der Waals surface area contributed by atoms with E-state index in [0.29, 0.717) is 6.61 Å². The maximum absolute atomic E-state index is 5.50. The average Bonchev–Trinajstić information content (AvgIpc) is 2.29. The van der Waals surface area contributed by atoms with E-state index >= 15 is 0 Å². The highest BCUT2D eigenvalue weighted by Gasteiger charge is 2.09. The fraction of sp³-hybridized carbons (Fsp3) is 0.333. The standard InChI is InChI=1S/C15H19NO/c1-4-17-14-7-8-15(13(3)10-14)16-9-5-6-12(2)11-16/h5-8,10-11H,4,9H2,1-3H3. The van der Waals surface area contributed by atoms with Crippen molar-refractivity contribution in [2.24, 2.45) is 0 Å². The van der Waals surface area contributed by atoms with Gasteiger partial charge in [-0.2, -0.15) is 0 Å². The van der Waals surface area contributed by atoms with Gasteiger partial charge in [-0.25, -0.2) is 0 Å². The molecule has 90 valence electrons. The minimum Gasteiger partial charge on any atom is -0.494 e. The zero-order chi connectivity index (χ0) is 12.3. The molecule has 0 bridgehead atoms. The molecule has 0 N–H and O–H groups in total. The van der Waals surface area contributed by atoms with Crippen molar-refractivity contribution in [3.8, 4) is 5.75 Å². The van der Waals surface area contributed by atoms with Gasteiger partial charge in [-0.15, -0.1) is 0 Å². The van der Waals surface area contributed by atoms with Crippen LogP contribution in [-0.2, 0) is 0 Å². The maximum Gasteiger partial charge on any atom is 0.119 e. The fourth-order valence-corrected chi connectivity index (χ4v) is 2.07. The first kappa shape index (κ1) is 11.8. The van der Waals surface area contributed by atoms with Crippen molar-refractivity contribution in [1.82, 2.24) is 0 Å². The first-order valence-corrected chi connectivity index (χ1v) is 6.05. The second-order valence-electron chi connectivity index (χ2n) is 4.31. The van der Waals surface area contributed by atoms with Crippen LogP contribution in [0.15, 0.2) is 42.1 Å². The second kappa shape index (κ2) is 5.09. The molecule has 0 amide bonds. The smallest absolute Gasteiger partial charge is 0.119 e. The molecule has 0 saturated carbocycles. The summed E-state index contributed by atoms with van der Waals surface area (Å²) in [5, 5.41) is 0. The molecular formula is C15H19NO. The van der Waals surface area contributed by atoms with Crippen LogP contribution in [-0.4, -0.2) is 13.2 Å². The van der Waals surface area contributed by atoms with Gasteiger partial charge in [0.05, 0.1) is 6.61 Å². The normalized spacial score (nSPS) is 14.8. The molecule has 0 atom stereocenters. The van der Waals surface area contributed by atoms with Crippen LogP contribution >= 0.6 is 0 Å². The molecule has 1 heterocycles. The van der Waals surface area contributed by atoms with Gasteiger partial charge in [0.15, 0.2) is 0 Å². The van der Waals surface area contributed by atoms with Gasteiger partial charge in [-0.05, 0) is 50.1 Å². The number of benzene rings is 1. The number of rotatable bonds is 3. The van der Waals surface area contributed by atoms with Crippen LogP contribution in [0.1, 0.15) is 19.4 Å². The van der Waals surface area contributed by atoms with E-state index in [2.05, 4.69) is 49.2 Å².